The fraction of sp³-hybridized carbons (Fsp3) is 0.455. The number of anilines is 1. The van der Waals surface area contributed by atoms with Gasteiger partial charge in [-0.2, -0.15) is 0 Å². The number of benzene rings is 1. The highest BCUT2D eigenvalue weighted by atomic mass is 35.5. The Morgan fingerprint density at radius 2 is 2.10 bits per heavy atom. The highest BCUT2D eigenvalue weighted by Crippen LogP contribution is 2.40. The first-order valence-corrected chi connectivity index (χ1v) is 11.5. The maximum absolute atomic E-state index is 6.21. The van der Waals surface area contributed by atoms with E-state index in [1.54, 1.807) is 0 Å². The number of hydrogen-bond acceptors (Lipinski definition) is 6. The van der Waals surface area contributed by atoms with Crippen LogP contribution in [0.2, 0.25) is 5.02 Å². The van der Waals surface area contributed by atoms with Crippen LogP contribution in [0.25, 0.3) is 10.2 Å². The van der Waals surface area contributed by atoms with E-state index in [9.17, 15) is 0 Å². The number of rotatable bonds is 5. The van der Waals surface area contributed by atoms with E-state index in [1.165, 1.54) is 28.7 Å². The quantitative estimate of drug-likeness (QED) is 0.630. The van der Waals surface area contributed by atoms with Gasteiger partial charge in [0.15, 0.2) is 0 Å². The number of aryl methyl sites for hydroxylation is 2. The molecule has 0 spiro atoms. The zero-order valence-electron chi connectivity index (χ0n) is 16.6. The Bertz CT molecular complexity index is 1030. The van der Waals surface area contributed by atoms with Crippen molar-refractivity contribution in [3.63, 3.8) is 0 Å². The molecule has 0 saturated carbocycles. The molecule has 29 heavy (non-hydrogen) atoms. The van der Waals surface area contributed by atoms with Crippen LogP contribution in [-0.2, 0) is 24.1 Å². The molecule has 1 unspecified atom stereocenters. The number of fused-ring (bicyclic) bond motifs is 3. The van der Waals surface area contributed by atoms with Gasteiger partial charge < -0.3 is 10.1 Å². The van der Waals surface area contributed by atoms with Crippen molar-refractivity contribution in [1.82, 2.24) is 14.9 Å². The summed E-state index contributed by atoms with van der Waals surface area (Å²) in [7, 11) is 0. The molecule has 1 aliphatic heterocycles. The standard InChI is InChI=1S/C22H25ClN4OS/c1-14(15-4-2-5-16(23)12-15)24-21-20-17-6-3-7-18(17)29-22(20)26-19(25-21)13-27-8-10-28-11-9-27/h2,4-5,12,14H,3,6-11,13H2,1H3,(H,24,25,26). The van der Waals surface area contributed by atoms with Gasteiger partial charge in [0.1, 0.15) is 16.5 Å². The van der Waals surface area contributed by atoms with Crippen molar-refractivity contribution < 1.29 is 4.74 Å². The van der Waals surface area contributed by atoms with Crippen LogP contribution < -0.4 is 5.32 Å². The Balaban J connectivity index is 1.50. The first-order chi connectivity index (χ1) is 14.2. The van der Waals surface area contributed by atoms with E-state index in [2.05, 4.69) is 23.2 Å². The van der Waals surface area contributed by atoms with Gasteiger partial charge in [-0.25, -0.2) is 9.97 Å². The summed E-state index contributed by atoms with van der Waals surface area (Å²) in [4.78, 5) is 14.9. The Hall–Kier alpha value is -1.73. The SMILES string of the molecule is CC(Nc1nc(CN2CCOCC2)nc2sc3c(c12)CCC3)c1cccc(Cl)c1. The summed E-state index contributed by atoms with van der Waals surface area (Å²) in [6, 6.07) is 8.14. The predicted molar refractivity (Wildman–Crippen MR) is 119 cm³/mol. The fourth-order valence-corrected chi connectivity index (χ4v) is 5.72. The molecule has 1 N–H and O–H groups in total. The molecule has 5 nitrogen and oxygen atoms in total. The monoisotopic (exact) mass is 428 g/mol. The summed E-state index contributed by atoms with van der Waals surface area (Å²) in [5.74, 6) is 1.85. The molecule has 1 fully saturated rings. The molecule has 3 heterocycles. The molecule has 1 saturated heterocycles. The van der Waals surface area contributed by atoms with E-state index in [1.807, 2.05) is 29.5 Å². The van der Waals surface area contributed by atoms with E-state index >= 15 is 0 Å². The van der Waals surface area contributed by atoms with Gasteiger partial charge in [-0.05, 0) is 49.4 Å². The molecule has 7 heteroatoms. The fourth-order valence-electron chi connectivity index (χ4n) is 4.24. The molecule has 2 aromatic heterocycles. The molecule has 0 bridgehead atoms. The zero-order valence-corrected chi connectivity index (χ0v) is 18.2. The van der Waals surface area contributed by atoms with Crippen molar-refractivity contribution in [3.8, 4) is 0 Å². The maximum Gasteiger partial charge on any atom is 0.146 e. The van der Waals surface area contributed by atoms with Crippen molar-refractivity contribution in [1.29, 1.82) is 0 Å². The van der Waals surface area contributed by atoms with Gasteiger partial charge in [-0.15, -0.1) is 11.3 Å². The lowest BCUT2D eigenvalue weighted by Crippen LogP contribution is -2.36. The number of nitrogens with zero attached hydrogens (tertiary/aromatic N) is 3. The zero-order chi connectivity index (χ0) is 19.8. The van der Waals surface area contributed by atoms with E-state index < -0.39 is 0 Å². The summed E-state index contributed by atoms with van der Waals surface area (Å²) < 4.78 is 5.48. The first kappa shape index (κ1) is 19.2. The van der Waals surface area contributed by atoms with Gasteiger partial charge in [-0.3, -0.25) is 4.90 Å². The van der Waals surface area contributed by atoms with Crippen LogP contribution >= 0.6 is 22.9 Å². The van der Waals surface area contributed by atoms with Crippen LogP contribution in [0.5, 0.6) is 0 Å². The van der Waals surface area contributed by atoms with E-state index in [4.69, 9.17) is 26.3 Å². The lowest BCUT2D eigenvalue weighted by molar-refractivity contribution is 0.0331. The average molecular weight is 429 g/mol. The van der Waals surface area contributed by atoms with E-state index in [0.717, 1.165) is 66.3 Å². The molecule has 3 aromatic rings. The highest BCUT2D eigenvalue weighted by Gasteiger charge is 2.24. The molecule has 0 radical (unpaired) electrons. The van der Waals surface area contributed by atoms with Crippen molar-refractivity contribution in [2.75, 3.05) is 31.6 Å². The number of nitrogens with one attached hydrogen (secondary N) is 1. The van der Waals surface area contributed by atoms with Crippen molar-refractivity contribution in [2.45, 2.75) is 38.8 Å². The summed E-state index contributed by atoms with van der Waals surface area (Å²) in [6.07, 6.45) is 3.52. The van der Waals surface area contributed by atoms with Gasteiger partial charge in [0.2, 0.25) is 0 Å². The molecular weight excluding hydrogens is 404 g/mol. The smallest absolute Gasteiger partial charge is 0.146 e. The summed E-state index contributed by atoms with van der Waals surface area (Å²) in [5, 5.41) is 5.66. The Kier molecular flexibility index (Phi) is 5.43. The largest absolute Gasteiger partial charge is 0.379 e. The maximum atomic E-state index is 6.21. The first-order valence-electron chi connectivity index (χ1n) is 10.3. The van der Waals surface area contributed by atoms with Crippen molar-refractivity contribution in [2.24, 2.45) is 0 Å². The second-order valence-corrected chi connectivity index (χ2v) is 9.36. The summed E-state index contributed by atoms with van der Waals surface area (Å²) >= 11 is 8.06. The van der Waals surface area contributed by atoms with E-state index in [-0.39, 0.29) is 6.04 Å². The van der Waals surface area contributed by atoms with Crippen LogP contribution in [-0.4, -0.2) is 41.2 Å². The summed E-state index contributed by atoms with van der Waals surface area (Å²) in [6.45, 7) is 6.36. The van der Waals surface area contributed by atoms with E-state index in [0.29, 0.717) is 0 Å². The van der Waals surface area contributed by atoms with Gasteiger partial charge >= 0.3 is 0 Å². The van der Waals surface area contributed by atoms with Crippen LogP contribution in [0.1, 0.15) is 41.2 Å². The molecule has 152 valence electrons. The summed E-state index contributed by atoms with van der Waals surface area (Å²) in [5.41, 5.74) is 2.61. The third kappa shape index (κ3) is 3.99. The van der Waals surface area contributed by atoms with Crippen molar-refractivity contribution >= 4 is 39.0 Å². The molecule has 0 amide bonds. The third-order valence-corrected chi connectivity index (χ3v) is 7.20. The predicted octanol–water partition coefficient (Wildman–Crippen LogP) is 4.84. The number of ether oxygens (including phenoxy) is 1. The van der Waals surface area contributed by atoms with Gasteiger partial charge in [-0.1, -0.05) is 23.7 Å². The minimum atomic E-state index is 0.111. The number of halogens is 1. The minimum absolute atomic E-state index is 0.111. The third-order valence-electron chi connectivity index (χ3n) is 5.78. The van der Waals surface area contributed by atoms with Crippen LogP contribution in [0.4, 0.5) is 5.82 Å². The second-order valence-electron chi connectivity index (χ2n) is 7.84. The molecule has 1 atom stereocenters. The van der Waals surface area contributed by atoms with Gasteiger partial charge in [0.25, 0.3) is 0 Å². The topological polar surface area (TPSA) is 50.3 Å². The molecule has 1 aromatic carbocycles. The lowest BCUT2D eigenvalue weighted by Gasteiger charge is -2.26. The van der Waals surface area contributed by atoms with Crippen LogP contribution in [0.15, 0.2) is 24.3 Å². The molecule has 1 aliphatic carbocycles. The minimum Gasteiger partial charge on any atom is -0.379 e. The molecule has 2 aliphatic rings. The van der Waals surface area contributed by atoms with Gasteiger partial charge in [0.05, 0.1) is 31.2 Å². The molecular formula is C22H25ClN4OS. The number of hydrogen-bond donors (Lipinski definition) is 1. The number of morpholine rings is 1. The lowest BCUT2D eigenvalue weighted by atomic mass is 10.1. The second kappa shape index (κ2) is 8.19. The average Bonchev–Trinajstić information content (AvgIpc) is 3.29. The van der Waals surface area contributed by atoms with Crippen molar-refractivity contribution in [3.05, 3.63) is 51.1 Å². The van der Waals surface area contributed by atoms with Crippen LogP contribution in [0, 0.1) is 0 Å². The normalized spacial score (nSPS) is 18.1. The van der Waals surface area contributed by atoms with Crippen LogP contribution in [0.3, 0.4) is 0 Å². The Morgan fingerprint density at radius 1 is 1.24 bits per heavy atom. The van der Waals surface area contributed by atoms with Gasteiger partial charge in [0, 0.05) is 23.0 Å². The number of aromatic nitrogens is 2. The Labute approximate surface area is 180 Å². The number of thiophene rings is 1. The highest BCUT2D eigenvalue weighted by molar-refractivity contribution is 7.19. The molecule has 5 rings (SSSR count). The Morgan fingerprint density at radius 3 is 2.93 bits per heavy atom.